The number of rotatable bonds is 6. The fourth-order valence-electron chi connectivity index (χ4n) is 3.98. The fraction of sp³-hybridized carbons (Fsp3) is 1.00. The summed E-state index contributed by atoms with van der Waals surface area (Å²) in [5, 5.41) is 99.6. The van der Waals surface area contributed by atoms with Crippen LogP contribution in [0.5, 0.6) is 0 Å². The summed E-state index contributed by atoms with van der Waals surface area (Å²) in [6.45, 7) is -0.0838. The van der Waals surface area contributed by atoms with E-state index >= 15 is 0 Å². The zero-order valence-electron chi connectivity index (χ0n) is 17.6. The minimum absolute atomic E-state index is 0.738. The molecule has 0 saturated carbocycles. The van der Waals surface area contributed by atoms with Crippen LogP contribution in [-0.2, 0) is 23.7 Å². The lowest BCUT2D eigenvalue weighted by Crippen LogP contribution is -2.66. The molecule has 0 aromatic carbocycles. The van der Waals surface area contributed by atoms with E-state index in [9.17, 15) is 51.1 Å². The van der Waals surface area contributed by atoms with Crippen LogP contribution in [0.1, 0.15) is 6.92 Å². The van der Waals surface area contributed by atoms with Gasteiger partial charge in [0.05, 0.1) is 19.3 Å². The summed E-state index contributed by atoms with van der Waals surface area (Å²) in [6, 6.07) is 0. The molecule has 15 nitrogen and oxygen atoms in total. The van der Waals surface area contributed by atoms with Gasteiger partial charge in [0.25, 0.3) is 0 Å². The van der Waals surface area contributed by atoms with Crippen molar-refractivity contribution in [3.63, 3.8) is 0 Å². The van der Waals surface area contributed by atoms with Crippen molar-refractivity contribution in [2.24, 2.45) is 0 Å². The molecule has 3 unspecified atom stereocenters. The van der Waals surface area contributed by atoms with Gasteiger partial charge in [0.15, 0.2) is 18.9 Å². The van der Waals surface area contributed by atoms with Crippen molar-refractivity contribution in [2.45, 2.75) is 99.0 Å². The maximum Gasteiger partial charge on any atom is 0.187 e. The Labute approximate surface area is 187 Å². The van der Waals surface area contributed by atoms with Gasteiger partial charge in [-0.1, -0.05) is 0 Å². The molecule has 15 heteroatoms. The predicted octanol–water partition coefficient (Wildman–Crippen LogP) is -6.55. The lowest BCUT2D eigenvalue weighted by atomic mass is 9.96. The minimum Gasteiger partial charge on any atom is -0.394 e. The van der Waals surface area contributed by atoms with Crippen LogP contribution < -0.4 is 0 Å². The number of aliphatic hydroxyl groups is 10. The Morgan fingerprint density at radius 3 is 1.73 bits per heavy atom. The van der Waals surface area contributed by atoms with Gasteiger partial charge < -0.3 is 74.7 Å². The van der Waals surface area contributed by atoms with E-state index in [4.69, 9.17) is 23.7 Å². The van der Waals surface area contributed by atoms with Crippen LogP contribution >= 0.6 is 0 Å². The average Bonchev–Trinajstić information content (AvgIpc) is 2.79. The Morgan fingerprint density at radius 2 is 1.12 bits per heavy atom. The number of hydrogen-bond donors (Lipinski definition) is 10. The Bertz CT molecular complexity index is 622. The zero-order valence-corrected chi connectivity index (χ0v) is 17.6. The third-order valence-electron chi connectivity index (χ3n) is 6.05. The first-order valence-corrected chi connectivity index (χ1v) is 10.4. The molecule has 3 saturated heterocycles. The van der Waals surface area contributed by atoms with Crippen molar-refractivity contribution in [1.29, 1.82) is 0 Å². The highest BCUT2D eigenvalue weighted by Gasteiger charge is 2.53. The maximum atomic E-state index is 10.6. The molecule has 0 spiro atoms. The summed E-state index contributed by atoms with van der Waals surface area (Å²) in [5.41, 5.74) is 0. The molecule has 0 bridgehead atoms. The SMILES string of the molecule is C[C@@H]1OC(O[C@@H]2[C@H](O)[C@@H](O)C(O)O[C@@H]2CO)[C@H](OC2O[C@H](CO)[C@H](O)[C@H](O)[C@H]2O)[C@H](O)[C@H]1O. The second-order valence-electron chi connectivity index (χ2n) is 8.32. The van der Waals surface area contributed by atoms with Gasteiger partial charge in [-0.2, -0.15) is 0 Å². The van der Waals surface area contributed by atoms with Crippen molar-refractivity contribution < 1.29 is 74.7 Å². The summed E-state index contributed by atoms with van der Waals surface area (Å²) in [4.78, 5) is 0. The number of ether oxygens (including phenoxy) is 5. The highest BCUT2D eigenvalue weighted by atomic mass is 16.8. The number of hydrogen-bond acceptors (Lipinski definition) is 15. The van der Waals surface area contributed by atoms with Gasteiger partial charge in [-0.25, -0.2) is 0 Å². The van der Waals surface area contributed by atoms with Crippen molar-refractivity contribution in [1.82, 2.24) is 0 Å². The Hall–Kier alpha value is -0.600. The van der Waals surface area contributed by atoms with Crippen molar-refractivity contribution >= 4 is 0 Å². The van der Waals surface area contributed by atoms with Gasteiger partial charge in [-0.3, -0.25) is 0 Å². The minimum atomic E-state index is -1.84. The topological polar surface area (TPSA) is 248 Å². The molecule has 194 valence electrons. The van der Waals surface area contributed by atoms with E-state index in [1.807, 2.05) is 0 Å². The van der Waals surface area contributed by atoms with Gasteiger partial charge in [-0.15, -0.1) is 0 Å². The molecule has 3 aliphatic heterocycles. The Balaban J connectivity index is 1.81. The summed E-state index contributed by atoms with van der Waals surface area (Å²) in [7, 11) is 0. The smallest absolute Gasteiger partial charge is 0.187 e. The van der Waals surface area contributed by atoms with E-state index in [-0.39, 0.29) is 0 Å². The van der Waals surface area contributed by atoms with E-state index in [1.165, 1.54) is 6.92 Å². The summed E-state index contributed by atoms with van der Waals surface area (Å²) >= 11 is 0. The van der Waals surface area contributed by atoms with E-state index in [2.05, 4.69) is 0 Å². The molecule has 0 amide bonds. The van der Waals surface area contributed by atoms with Crippen LogP contribution in [0.4, 0.5) is 0 Å². The van der Waals surface area contributed by atoms with Crippen LogP contribution in [0, 0.1) is 0 Å². The predicted molar refractivity (Wildman–Crippen MR) is 99.8 cm³/mol. The molecule has 33 heavy (non-hydrogen) atoms. The summed E-state index contributed by atoms with van der Waals surface area (Å²) in [5.74, 6) is 0. The maximum absolute atomic E-state index is 10.6. The first kappa shape index (κ1) is 27.0. The van der Waals surface area contributed by atoms with Crippen LogP contribution in [0.3, 0.4) is 0 Å². The van der Waals surface area contributed by atoms with Crippen molar-refractivity contribution in [3.8, 4) is 0 Å². The highest BCUT2D eigenvalue weighted by Crippen LogP contribution is 2.32. The first-order chi connectivity index (χ1) is 15.5. The molecule has 0 aliphatic carbocycles. The fourth-order valence-corrected chi connectivity index (χ4v) is 3.98. The first-order valence-electron chi connectivity index (χ1n) is 10.4. The van der Waals surface area contributed by atoms with Crippen molar-refractivity contribution in [2.75, 3.05) is 13.2 Å². The summed E-state index contributed by atoms with van der Waals surface area (Å²) < 4.78 is 26.9. The lowest BCUT2D eigenvalue weighted by molar-refractivity contribution is -0.384. The van der Waals surface area contributed by atoms with Gasteiger partial charge in [-0.05, 0) is 6.92 Å². The van der Waals surface area contributed by atoms with Crippen molar-refractivity contribution in [3.05, 3.63) is 0 Å². The third kappa shape index (κ3) is 5.32. The van der Waals surface area contributed by atoms with Crippen LogP contribution in [0.2, 0.25) is 0 Å². The highest BCUT2D eigenvalue weighted by molar-refractivity contribution is 4.95. The van der Waals surface area contributed by atoms with Gasteiger partial charge >= 0.3 is 0 Å². The van der Waals surface area contributed by atoms with E-state index in [0.717, 1.165) is 0 Å². The third-order valence-corrected chi connectivity index (χ3v) is 6.05. The molecule has 3 fully saturated rings. The molecule has 0 radical (unpaired) electrons. The number of aliphatic hydroxyl groups excluding tert-OH is 10. The van der Waals surface area contributed by atoms with Crippen LogP contribution in [0.25, 0.3) is 0 Å². The van der Waals surface area contributed by atoms with Gasteiger partial charge in [0.1, 0.15) is 67.1 Å². The second kappa shape index (κ2) is 11.0. The molecule has 15 atom stereocenters. The largest absolute Gasteiger partial charge is 0.394 e. The molecule has 10 N–H and O–H groups in total. The standard InChI is InChI=1S/C18H32O15/c1-4-7(21)10(24)15(33-17-13(27)9(23)8(22)5(2-19)31-17)18(29-4)32-14-6(3-20)30-16(28)12(26)11(14)25/h4-28H,2-3H2,1H3/t4-,5+,6+,7-,8-,9-,10+,11+,12+,13+,14-,15+,16?,17?,18?/m0/s1. The van der Waals surface area contributed by atoms with Gasteiger partial charge in [0, 0.05) is 0 Å². The molecule has 3 rings (SSSR count). The lowest BCUT2D eigenvalue weighted by Gasteiger charge is -2.48. The summed E-state index contributed by atoms with van der Waals surface area (Å²) in [6.07, 6.45) is -24.0. The zero-order chi connectivity index (χ0) is 24.6. The molecule has 0 aromatic heterocycles. The molecular formula is C18H32O15. The average molecular weight is 488 g/mol. The van der Waals surface area contributed by atoms with E-state index < -0.39 is 105 Å². The Kier molecular flexibility index (Phi) is 8.99. The van der Waals surface area contributed by atoms with Gasteiger partial charge in [0.2, 0.25) is 0 Å². The van der Waals surface area contributed by atoms with Crippen LogP contribution in [0.15, 0.2) is 0 Å². The quantitative estimate of drug-likeness (QED) is 0.167. The molecular weight excluding hydrogens is 456 g/mol. The second-order valence-corrected chi connectivity index (χ2v) is 8.32. The Morgan fingerprint density at radius 1 is 0.545 bits per heavy atom. The molecule has 0 aromatic rings. The van der Waals surface area contributed by atoms with E-state index in [0.29, 0.717) is 0 Å². The monoisotopic (exact) mass is 488 g/mol. The normalized spacial score (nSPS) is 53.7. The van der Waals surface area contributed by atoms with Crippen LogP contribution in [-0.4, -0.2) is 156 Å². The molecule has 3 aliphatic rings. The van der Waals surface area contributed by atoms with E-state index in [1.54, 1.807) is 0 Å². The molecule has 3 heterocycles.